The molecule has 1 fully saturated rings. The number of nitrogens with zero attached hydrogens (tertiary/aromatic N) is 3. The predicted octanol–water partition coefficient (Wildman–Crippen LogP) is 2.41. The molecule has 0 spiro atoms. The normalized spacial score (nSPS) is 21.6. The molecule has 0 atom stereocenters. The average Bonchev–Trinajstić information content (AvgIpc) is 2.94. The largest absolute Gasteiger partial charge is 0.295 e. The minimum Gasteiger partial charge on any atom is -0.295 e. The topological polar surface area (TPSA) is 21.1 Å². The molecule has 0 unspecified atom stereocenters. The van der Waals surface area contributed by atoms with Gasteiger partial charge in [0.15, 0.2) is 0 Å². The van der Waals surface area contributed by atoms with Crippen LogP contribution in [-0.4, -0.2) is 27.8 Å². The SMILES string of the molecule is CC(C)(C)c1cnn2c1CN(CC1CC1)CC2. The third-order valence-corrected chi connectivity index (χ3v) is 3.97. The number of aromatic nitrogens is 2. The molecule has 2 aliphatic rings. The van der Waals surface area contributed by atoms with Crippen LogP contribution in [-0.2, 0) is 18.5 Å². The summed E-state index contributed by atoms with van der Waals surface area (Å²) in [6, 6.07) is 0. The molecule has 0 saturated heterocycles. The average molecular weight is 233 g/mol. The first-order valence-electron chi connectivity index (χ1n) is 6.81. The van der Waals surface area contributed by atoms with Crippen molar-refractivity contribution in [2.24, 2.45) is 5.92 Å². The second-order valence-corrected chi connectivity index (χ2v) is 6.66. The Hall–Kier alpha value is -0.830. The highest BCUT2D eigenvalue weighted by Gasteiger charge is 2.29. The summed E-state index contributed by atoms with van der Waals surface area (Å²) in [5, 5.41) is 4.54. The Morgan fingerprint density at radius 1 is 1.29 bits per heavy atom. The van der Waals surface area contributed by atoms with Crippen LogP contribution in [0.3, 0.4) is 0 Å². The van der Waals surface area contributed by atoms with Crippen molar-refractivity contribution in [2.75, 3.05) is 13.1 Å². The van der Waals surface area contributed by atoms with Crippen LogP contribution in [0.15, 0.2) is 6.20 Å². The van der Waals surface area contributed by atoms with E-state index in [-0.39, 0.29) is 5.41 Å². The van der Waals surface area contributed by atoms with E-state index in [0.717, 1.165) is 19.0 Å². The lowest BCUT2D eigenvalue weighted by Crippen LogP contribution is -2.36. The lowest BCUT2D eigenvalue weighted by atomic mass is 9.87. The molecule has 1 aliphatic carbocycles. The van der Waals surface area contributed by atoms with Gasteiger partial charge in [0.1, 0.15) is 0 Å². The fraction of sp³-hybridized carbons (Fsp3) is 0.786. The van der Waals surface area contributed by atoms with E-state index in [1.165, 1.54) is 37.2 Å². The molecule has 0 radical (unpaired) electrons. The van der Waals surface area contributed by atoms with E-state index in [1.807, 2.05) is 0 Å². The zero-order valence-corrected chi connectivity index (χ0v) is 11.2. The third-order valence-electron chi connectivity index (χ3n) is 3.97. The van der Waals surface area contributed by atoms with Gasteiger partial charge >= 0.3 is 0 Å². The van der Waals surface area contributed by atoms with E-state index in [2.05, 4.69) is 41.6 Å². The zero-order valence-electron chi connectivity index (χ0n) is 11.2. The Morgan fingerprint density at radius 2 is 2.06 bits per heavy atom. The molecule has 3 heteroatoms. The lowest BCUT2D eigenvalue weighted by molar-refractivity contribution is 0.203. The van der Waals surface area contributed by atoms with Crippen molar-refractivity contribution in [3.63, 3.8) is 0 Å². The van der Waals surface area contributed by atoms with E-state index in [9.17, 15) is 0 Å². The number of hydrogen-bond acceptors (Lipinski definition) is 2. The summed E-state index contributed by atoms with van der Waals surface area (Å²) >= 11 is 0. The van der Waals surface area contributed by atoms with Crippen LogP contribution in [0.5, 0.6) is 0 Å². The highest BCUT2D eigenvalue weighted by atomic mass is 15.3. The van der Waals surface area contributed by atoms with Gasteiger partial charge in [-0.1, -0.05) is 20.8 Å². The van der Waals surface area contributed by atoms with Crippen molar-refractivity contribution >= 4 is 0 Å². The van der Waals surface area contributed by atoms with Crippen LogP contribution in [0.25, 0.3) is 0 Å². The summed E-state index contributed by atoms with van der Waals surface area (Å²) in [4.78, 5) is 2.62. The second kappa shape index (κ2) is 3.84. The Morgan fingerprint density at radius 3 is 2.71 bits per heavy atom. The van der Waals surface area contributed by atoms with Crippen molar-refractivity contribution in [1.29, 1.82) is 0 Å². The van der Waals surface area contributed by atoms with Gasteiger partial charge in [-0.2, -0.15) is 5.10 Å². The van der Waals surface area contributed by atoms with Gasteiger partial charge in [-0.15, -0.1) is 0 Å². The predicted molar refractivity (Wildman–Crippen MR) is 68.9 cm³/mol. The van der Waals surface area contributed by atoms with Gasteiger partial charge in [0.05, 0.1) is 18.4 Å². The Labute approximate surface area is 104 Å². The van der Waals surface area contributed by atoms with Crippen molar-refractivity contribution in [1.82, 2.24) is 14.7 Å². The molecule has 2 heterocycles. The first-order valence-corrected chi connectivity index (χ1v) is 6.81. The molecular weight excluding hydrogens is 210 g/mol. The maximum Gasteiger partial charge on any atom is 0.0562 e. The van der Waals surface area contributed by atoms with Gasteiger partial charge in [-0.3, -0.25) is 9.58 Å². The Kier molecular flexibility index (Phi) is 2.54. The van der Waals surface area contributed by atoms with Crippen LogP contribution in [0.4, 0.5) is 0 Å². The zero-order chi connectivity index (χ0) is 12.0. The monoisotopic (exact) mass is 233 g/mol. The lowest BCUT2D eigenvalue weighted by Gasteiger charge is -2.30. The van der Waals surface area contributed by atoms with E-state index >= 15 is 0 Å². The van der Waals surface area contributed by atoms with Crippen LogP contribution in [0, 0.1) is 5.92 Å². The molecule has 3 nitrogen and oxygen atoms in total. The van der Waals surface area contributed by atoms with Gasteiger partial charge in [0, 0.05) is 19.6 Å². The molecule has 17 heavy (non-hydrogen) atoms. The van der Waals surface area contributed by atoms with E-state index in [4.69, 9.17) is 0 Å². The van der Waals surface area contributed by atoms with Crippen molar-refractivity contribution in [3.05, 3.63) is 17.5 Å². The first kappa shape index (κ1) is 11.3. The molecule has 0 amide bonds. The quantitative estimate of drug-likeness (QED) is 0.782. The molecule has 94 valence electrons. The molecule has 0 aromatic carbocycles. The van der Waals surface area contributed by atoms with Gasteiger partial charge in [-0.25, -0.2) is 0 Å². The molecule has 3 rings (SSSR count). The molecule has 0 bridgehead atoms. The van der Waals surface area contributed by atoms with Crippen molar-refractivity contribution < 1.29 is 0 Å². The maximum absolute atomic E-state index is 4.54. The van der Waals surface area contributed by atoms with Crippen LogP contribution in [0.2, 0.25) is 0 Å². The Bertz CT molecular complexity index is 410. The number of rotatable bonds is 2. The minimum atomic E-state index is 0.218. The highest BCUT2D eigenvalue weighted by Crippen LogP contribution is 2.32. The second-order valence-electron chi connectivity index (χ2n) is 6.66. The van der Waals surface area contributed by atoms with Gasteiger partial charge in [0.25, 0.3) is 0 Å². The van der Waals surface area contributed by atoms with Crippen molar-refractivity contribution in [2.45, 2.75) is 52.1 Å². The summed E-state index contributed by atoms with van der Waals surface area (Å²) in [5.74, 6) is 0.988. The fourth-order valence-corrected chi connectivity index (χ4v) is 2.75. The summed E-state index contributed by atoms with van der Waals surface area (Å²) in [6.07, 6.45) is 4.97. The van der Waals surface area contributed by atoms with E-state index in [0.29, 0.717) is 0 Å². The smallest absolute Gasteiger partial charge is 0.0562 e. The molecule has 1 aliphatic heterocycles. The summed E-state index contributed by atoms with van der Waals surface area (Å²) in [5.41, 5.74) is 3.10. The van der Waals surface area contributed by atoms with Crippen LogP contribution >= 0.6 is 0 Å². The van der Waals surface area contributed by atoms with E-state index < -0.39 is 0 Å². The third kappa shape index (κ3) is 2.25. The molecular formula is C14H23N3. The highest BCUT2D eigenvalue weighted by molar-refractivity contribution is 5.26. The first-order chi connectivity index (χ1) is 8.04. The Balaban J connectivity index is 1.81. The summed E-state index contributed by atoms with van der Waals surface area (Å²) in [6.45, 7) is 11.5. The summed E-state index contributed by atoms with van der Waals surface area (Å²) < 4.78 is 2.21. The van der Waals surface area contributed by atoms with Crippen molar-refractivity contribution in [3.8, 4) is 0 Å². The fourth-order valence-electron chi connectivity index (χ4n) is 2.75. The molecule has 0 N–H and O–H groups in total. The summed E-state index contributed by atoms with van der Waals surface area (Å²) in [7, 11) is 0. The van der Waals surface area contributed by atoms with E-state index in [1.54, 1.807) is 0 Å². The van der Waals surface area contributed by atoms with Gasteiger partial charge < -0.3 is 0 Å². The van der Waals surface area contributed by atoms with Crippen LogP contribution < -0.4 is 0 Å². The number of fused-ring (bicyclic) bond motifs is 1. The standard InChI is InChI=1S/C14H23N3/c1-14(2,3)12-8-15-17-7-6-16(10-13(12)17)9-11-4-5-11/h8,11H,4-7,9-10H2,1-3H3. The number of hydrogen-bond donors (Lipinski definition) is 0. The van der Waals surface area contributed by atoms with Gasteiger partial charge in [0.2, 0.25) is 0 Å². The maximum atomic E-state index is 4.54. The minimum absolute atomic E-state index is 0.218. The van der Waals surface area contributed by atoms with Gasteiger partial charge in [-0.05, 0) is 29.7 Å². The van der Waals surface area contributed by atoms with Crippen LogP contribution in [0.1, 0.15) is 44.9 Å². The molecule has 1 saturated carbocycles. The molecule has 1 aromatic rings. The molecule has 1 aromatic heterocycles.